The number of carbonyl (C=O) groups excluding carboxylic acids is 2. The summed E-state index contributed by atoms with van der Waals surface area (Å²) in [5, 5.41) is 9.05. The molecule has 0 saturated carbocycles. The molecule has 0 bridgehead atoms. The summed E-state index contributed by atoms with van der Waals surface area (Å²) in [5.41, 5.74) is -0.0465. The van der Waals surface area contributed by atoms with Gasteiger partial charge in [-0.05, 0) is 26.3 Å². The average molecular weight is 337 g/mol. The molecule has 0 unspecified atom stereocenters. The van der Waals surface area contributed by atoms with Gasteiger partial charge in [0.15, 0.2) is 0 Å². The normalized spacial score (nSPS) is 12.2. The molecule has 0 fully saturated rings. The molecule has 0 aromatic heterocycles. The van der Waals surface area contributed by atoms with Crippen LogP contribution < -0.4 is 0 Å². The topological polar surface area (TPSA) is 93.1 Å². The van der Waals surface area contributed by atoms with Crippen LogP contribution >= 0.6 is 0 Å². The summed E-state index contributed by atoms with van der Waals surface area (Å²) in [6.07, 6.45) is -1.34. The molecule has 1 rings (SSSR count). The minimum atomic E-state index is -1.27. The summed E-state index contributed by atoms with van der Waals surface area (Å²) in [7, 11) is 1.15. The van der Waals surface area contributed by atoms with Gasteiger partial charge in [0.25, 0.3) is 0 Å². The van der Waals surface area contributed by atoms with Gasteiger partial charge in [0.05, 0.1) is 13.5 Å². The van der Waals surface area contributed by atoms with Crippen LogP contribution in [0.2, 0.25) is 0 Å². The number of benzene rings is 1. The molecule has 1 aromatic rings. The summed E-state index contributed by atoms with van der Waals surface area (Å²) < 4.78 is 9.91. The summed E-state index contributed by atoms with van der Waals surface area (Å²) in [6.45, 7) is 5.09. The van der Waals surface area contributed by atoms with E-state index in [1.54, 1.807) is 32.9 Å². The largest absolute Gasteiger partial charge is 0.481 e. The summed E-state index contributed by atoms with van der Waals surface area (Å²) in [4.78, 5) is 36.7. The van der Waals surface area contributed by atoms with Gasteiger partial charge in [-0.15, -0.1) is 0 Å². The Balaban J connectivity index is 2.99. The van der Waals surface area contributed by atoms with Gasteiger partial charge in [-0.2, -0.15) is 0 Å². The smallest absolute Gasteiger partial charge is 0.411 e. The van der Waals surface area contributed by atoms with E-state index in [4.69, 9.17) is 9.84 Å². The van der Waals surface area contributed by atoms with Crippen molar-refractivity contribution in [2.45, 2.75) is 45.4 Å². The van der Waals surface area contributed by atoms with Gasteiger partial charge < -0.3 is 14.6 Å². The van der Waals surface area contributed by atoms with Crippen LogP contribution in [-0.2, 0) is 25.7 Å². The number of ether oxygens (including phenoxy) is 2. The molecule has 0 saturated heterocycles. The highest BCUT2D eigenvalue weighted by Gasteiger charge is 2.40. The molecule has 1 aromatic carbocycles. The predicted octanol–water partition coefficient (Wildman–Crippen LogP) is 2.44. The molecule has 1 amide bonds. The molecule has 1 atom stereocenters. The molecular formula is C17H23NO6. The molecule has 132 valence electrons. The maximum absolute atomic E-state index is 12.5. The summed E-state index contributed by atoms with van der Waals surface area (Å²) >= 11 is 0. The molecule has 0 spiro atoms. The molecule has 0 aliphatic heterocycles. The standard InChI is InChI=1S/C17H23NO6/c1-17(2,3)18(13(10-14(19)20)15(21)23-4)16(22)24-11-12-8-6-5-7-9-12/h5-9,13H,10-11H2,1-4H3,(H,19,20)/t13-/m1/s1. The Bertz CT molecular complexity index is 578. The van der Waals surface area contributed by atoms with Crippen LogP contribution in [0.5, 0.6) is 0 Å². The highest BCUT2D eigenvalue weighted by molar-refractivity contribution is 5.86. The predicted molar refractivity (Wildman–Crippen MR) is 86.3 cm³/mol. The number of methoxy groups -OCH3 is 1. The number of carboxylic acid groups (broad SMARTS) is 1. The minimum Gasteiger partial charge on any atom is -0.481 e. The lowest BCUT2D eigenvalue weighted by Crippen LogP contribution is -2.55. The van der Waals surface area contributed by atoms with Crippen molar-refractivity contribution in [2.24, 2.45) is 0 Å². The van der Waals surface area contributed by atoms with E-state index in [2.05, 4.69) is 4.74 Å². The number of carbonyl (C=O) groups is 3. The van der Waals surface area contributed by atoms with Crippen LogP contribution in [0, 0.1) is 0 Å². The van der Waals surface area contributed by atoms with Crippen molar-refractivity contribution in [1.82, 2.24) is 4.90 Å². The van der Waals surface area contributed by atoms with Crippen LogP contribution in [-0.4, -0.2) is 46.7 Å². The van der Waals surface area contributed by atoms with Crippen molar-refractivity contribution in [1.29, 1.82) is 0 Å². The van der Waals surface area contributed by atoms with Crippen molar-refractivity contribution >= 4 is 18.0 Å². The van der Waals surface area contributed by atoms with Crippen LogP contribution in [0.15, 0.2) is 30.3 Å². The first-order valence-electron chi connectivity index (χ1n) is 7.46. The average Bonchev–Trinajstić information content (AvgIpc) is 2.50. The Morgan fingerprint density at radius 1 is 1.17 bits per heavy atom. The quantitative estimate of drug-likeness (QED) is 0.802. The van der Waals surface area contributed by atoms with Gasteiger partial charge in [-0.3, -0.25) is 9.69 Å². The lowest BCUT2D eigenvalue weighted by atomic mass is 10.0. The van der Waals surface area contributed by atoms with E-state index in [1.165, 1.54) is 0 Å². The Kier molecular flexibility index (Phi) is 6.76. The van der Waals surface area contributed by atoms with Crippen molar-refractivity contribution in [3.63, 3.8) is 0 Å². The second kappa shape index (κ2) is 8.33. The molecule has 0 aliphatic carbocycles. The summed E-state index contributed by atoms with van der Waals surface area (Å²) in [5.74, 6) is -2.01. The SMILES string of the molecule is COC(=O)[C@@H](CC(=O)O)N(C(=O)OCc1ccccc1)C(C)(C)C. The zero-order valence-corrected chi connectivity index (χ0v) is 14.3. The Morgan fingerprint density at radius 3 is 2.21 bits per heavy atom. The Hall–Kier alpha value is -2.57. The van der Waals surface area contributed by atoms with Crippen LogP contribution in [0.25, 0.3) is 0 Å². The Morgan fingerprint density at radius 2 is 1.75 bits per heavy atom. The zero-order valence-electron chi connectivity index (χ0n) is 14.3. The number of esters is 1. The lowest BCUT2D eigenvalue weighted by Gasteiger charge is -2.38. The van der Waals surface area contributed by atoms with E-state index < -0.39 is 36.0 Å². The van der Waals surface area contributed by atoms with Gasteiger partial charge in [-0.1, -0.05) is 30.3 Å². The minimum absolute atomic E-state index is 0.0210. The second-order valence-corrected chi connectivity index (χ2v) is 6.22. The van der Waals surface area contributed by atoms with Crippen LogP contribution in [0.1, 0.15) is 32.8 Å². The monoisotopic (exact) mass is 337 g/mol. The van der Waals surface area contributed by atoms with Crippen molar-refractivity contribution in [3.8, 4) is 0 Å². The molecule has 1 N–H and O–H groups in total. The lowest BCUT2D eigenvalue weighted by molar-refractivity contribution is -0.153. The third kappa shape index (κ3) is 5.57. The van der Waals surface area contributed by atoms with Gasteiger partial charge in [-0.25, -0.2) is 9.59 Å². The number of carboxylic acids is 1. The molecule has 0 aliphatic rings. The van der Waals surface area contributed by atoms with Crippen molar-refractivity contribution in [2.75, 3.05) is 7.11 Å². The van der Waals surface area contributed by atoms with Crippen molar-refractivity contribution < 1.29 is 29.0 Å². The molecular weight excluding hydrogens is 314 g/mol. The zero-order chi connectivity index (χ0) is 18.3. The number of hydrogen-bond acceptors (Lipinski definition) is 5. The second-order valence-electron chi connectivity index (χ2n) is 6.22. The first kappa shape index (κ1) is 19.5. The van der Waals surface area contributed by atoms with Gasteiger partial charge in [0.1, 0.15) is 12.6 Å². The number of nitrogens with zero attached hydrogens (tertiary/aromatic N) is 1. The highest BCUT2D eigenvalue weighted by atomic mass is 16.6. The number of hydrogen-bond donors (Lipinski definition) is 1. The molecule has 7 nitrogen and oxygen atoms in total. The highest BCUT2D eigenvalue weighted by Crippen LogP contribution is 2.22. The number of aliphatic carboxylic acids is 1. The van der Waals surface area contributed by atoms with E-state index >= 15 is 0 Å². The molecule has 0 heterocycles. The van der Waals surface area contributed by atoms with Gasteiger partial charge >= 0.3 is 18.0 Å². The summed E-state index contributed by atoms with van der Waals surface area (Å²) in [6, 6.07) is 7.79. The Labute approximate surface area is 141 Å². The fraction of sp³-hybridized carbons (Fsp3) is 0.471. The first-order valence-corrected chi connectivity index (χ1v) is 7.46. The van der Waals surface area contributed by atoms with Crippen molar-refractivity contribution in [3.05, 3.63) is 35.9 Å². The van der Waals surface area contributed by atoms with E-state index in [-0.39, 0.29) is 6.61 Å². The third-order valence-corrected chi connectivity index (χ3v) is 3.28. The van der Waals surface area contributed by atoms with Gasteiger partial charge in [0, 0.05) is 5.54 Å². The van der Waals surface area contributed by atoms with E-state index in [0.717, 1.165) is 17.6 Å². The molecule has 24 heavy (non-hydrogen) atoms. The maximum Gasteiger partial charge on any atom is 0.411 e. The molecule has 7 heteroatoms. The number of amides is 1. The van der Waals surface area contributed by atoms with Crippen LogP contribution in [0.3, 0.4) is 0 Å². The molecule has 0 radical (unpaired) electrons. The van der Waals surface area contributed by atoms with E-state index in [0.29, 0.717) is 0 Å². The maximum atomic E-state index is 12.5. The fourth-order valence-corrected chi connectivity index (χ4v) is 2.24. The fourth-order valence-electron chi connectivity index (χ4n) is 2.24. The first-order chi connectivity index (χ1) is 11.2. The van der Waals surface area contributed by atoms with Gasteiger partial charge in [0.2, 0.25) is 0 Å². The van der Waals surface area contributed by atoms with E-state index in [9.17, 15) is 14.4 Å². The third-order valence-electron chi connectivity index (χ3n) is 3.28. The van der Waals surface area contributed by atoms with E-state index in [1.807, 2.05) is 18.2 Å². The number of rotatable bonds is 6. The van der Waals surface area contributed by atoms with Crippen LogP contribution in [0.4, 0.5) is 4.79 Å².